The Bertz CT molecular complexity index is 1010. The molecule has 3 aromatic rings. The predicted molar refractivity (Wildman–Crippen MR) is 109 cm³/mol. The summed E-state index contributed by atoms with van der Waals surface area (Å²) in [6.07, 6.45) is 3.25. The zero-order valence-corrected chi connectivity index (χ0v) is 16.6. The number of halogens is 1. The van der Waals surface area contributed by atoms with Gasteiger partial charge in [0.1, 0.15) is 17.7 Å². The maximum Gasteiger partial charge on any atom is 0.227 e. The zero-order valence-electron chi connectivity index (χ0n) is 16.6. The van der Waals surface area contributed by atoms with Gasteiger partial charge in [0.25, 0.3) is 0 Å². The van der Waals surface area contributed by atoms with Crippen molar-refractivity contribution in [3.63, 3.8) is 0 Å². The minimum absolute atomic E-state index is 0.0193. The molecule has 6 nitrogen and oxygen atoms in total. The highest BCUT2D eigenvalue weighted by Gasteiger charge is 2.26. The van der Waals surface area contributed by atoms with Crippen molar-refractivity contribution in [2.24, 2.45) is 0 Å². The van der Waals surface area contributed by atoms with E-state index in [9.17, 15) is 9.18 Å². The first-order valence-electron chi connectivity index (χ1n) is 9.72. The lowest BCUT2D eigenvalue weighted by Crippen LogP contribution is -2.43. The molecule has 0 radical (unpaired) electrons. The Morgan fingerprint density at radius 3 is 2.67 bits per heavy atom. The molecule has 1 atom stereocenters. The minimum atomic E-state index is -0.346. The molecular formula is C23H22FN3O3. The number of hydrogen-bond acceptors (Lipinski definition) is 5. The van der Waals surface area contributed by atoms with Crippen molar-refractivity contribution in [1.29, 1.82) is 0 Å². The lowest BCUT2D eigenvalue weighted by Gasteiger charge is -2.32. The normalized spacial score (nSPS) is 16.3. The Labute approximate surface area is 174 Å². The van der Waals surface area contributed by atoms with E-state index >= 15 is 0 Å². The van der Waals surface area contributed by atoms with E-state index in [2.05, 4.69) is 4.98 Å². The number of amides is 1. The molecule has 0 spiro atoms. The molecule has 0 aliphatic carbocycles. The molecule has 0 bridgehead atoms. The molecule has 1 fully saturated rings. The molecule has 0 unspecified atom stereocenters. The number of rotatable bonds is 5. The van der Waals surface area contributed by atoms with E-state index in [0.29, 0.717) is 25.4 Å². The summed E-state index contributed by atoms with van der Waals surface area (Å²) in [5.74, 6) is 0.441. The monoisotopic (exact) mass is 407 g/mol. The van der Waals surface area contributed by atoms with Crippen LogP contribution in [-0.4, -0.2) is 47.6 Å². The average molecular weight is 407 g/mol. The van der Waals surface area contributed by atoms with Crippen LogP contribution in [0.15, 0.2) is 60.9 Å². The molecular weight excluding hydrogens is 385 g/mol. The third-order valence-corrected chi connectivity index (χ3v) is 5.06. The lowest BCUT2D eigenvalue weighted by atomic mass is 10.1. The van der Waals surface area contributed by atoms with Crippen LogP contribution in [0.25, 0.3) is 11.3 Å². The molecule has 1 aromatic heterocycles. The highest BCUT2D eigenvalue weighted by molar-refractivity contribution is 5.79. The molecule has 0 N–H and O–H groups in total. The van der Waals surface area contributed by atoms with Gasteiger partial charge in [-0.15, -0.1) is 0 Å². The standard InChI is InChI=1S/C23H22FN3O3/c1-29-19-8-4-17(5-9-19)20-13-25-14-21(26-20)22-15-27(10-11-30-22)23(28)12-16-2-6-18(24)7-3-16/h2-9,13-14,22H,10-12,15H2,1H3/t22-/m1/s1. The molecule has 1 saturated heterocycles. The summed E-state index contributed by atoms with van der Waals surface area (Å²) in [5.41, 5.74) is 3.12. The van der Waals surface area contributed by atoms with Crippen molar-refractivity contribution in [3.05, 3.63) is 78.0 Å². The van der Waals surface area contributed by atoms with Crippen molar-refractivity contribution in [2.75, 3.05) is 26.8 Å². The first-order valence-corrected chi connectivity index (χ1v) is 9.72. The Morgan fingerprint density at radius 1 is 1.17 bits per heavy atom. The fraction of sp³-hybridized carbons (Fsp3) is 0.261. The number of morpholine rings is 1. The molecule has 154 valence electrons. The maximum absolute atomic E-state index is 13.1. The van der Waals surface area contributed by atoms with Crippen molar-refractivity contribution in [1.82, 2.24) is 14.9 Å². The molecule has 1 aliphatic rings. The molecule has 2 heterocycles. The summed E-state index contributed by atoms with van der Waals surface area (Å²) in [4.78, 5) is 23.5. The van der Waals surface area contributed by atoms with Crippen LogP contribution < -0.4 is 4.74 Å². The van der Waals surface area contributed by atoms with Crippen LogP contribution in [0.5, 0.6) is 5.75 Å². The van der Waals surface area contributed by atoms with Crippen LogP contribution in [0.3, 0.4) is 0 Å². The van der Waals surface area contributed by atoms with Gasteiger partial charge >= 0.3 is 0 Å². The van der Waals surface area contributed by atoms with Gasteiger partial charge in [0.05, 0.1) is 50.5 Å². The Morgan fingerprint density at radius 2 is 1.93 bits per heavy atom. The largest absolute Gasteiger partial charge is 0.497 e. The quantitative estimate of drug-likeness (QED) is 0.648. The summed E-state index contributed by atoms with van der Waals surface area (Å²) in [6, 6.07) is 13.6. The Hall–Kier alpha value is -3.32. The summed E-state index contributed by atoms with van der Waals surface area (Å²) >= 11 is 0. The van der Waals surface area contributed by atoms with Crippen LogP contribution in [0.4, 0.5) is 4.39 Å². The second-order valence-electron chi connectivity index (χ2n) is 7.06. The van der Waals surface area contributed by atoms with E-state index in [1.165, 1.54) is 12.1 Å². The van der Waals surface area contributed by atoms with E-state index in [1.54, 1.807) is 36.5 Å². The van der Waals surface area contributed by atoms with Gasteiger partial charge in [-0.2, -0.15) is 0 Å². The van der Waals surface area contributed by atoms with Gasteiger partial charge in [-0.1, -0.05) is 12.1 Å². The average Bonchev–Trinajstić information content (AvgIpc) is 2.81. The molecule has 7 heteroatoms. The molecule has 0 saturated carbocycles. The van der Waals surface area contributed by atoms with Crippen LogP contribution in [0.2, 0.25) is 0 Å². The summed E-state index contributed by atoms with van der Waals surface area (Å²) < 4.78 is 24.1. The van der Waals surface area contributed by atoms with Gasteiger partial charge in [0, 0.05) is 12.1 Å². The van der Waals surface area contributed by atoms with Crippen molar-refractivity contribution < 1.29 is 18.7 Å². The first kappa shape index (κ1) is 20.0. The summed E-state index contributed by atoms with van der Waals surface area (Å²) in [5, 5.41) is 0. The highest BCUT2D eigenvalue weighted by atomic mass is 19.1. The van der Waals surface area contributed by atoms with Crippen LogP contribution in [0, 0.1) is 5.82 Å². The number of hydrogen-bond donors (Lipinski definition) is 0. The number of carbonyl (C=O) groups is 1. The number of benzene rings is 2. The van der Waals surface area contributed by atoms with E-state index in [4.69, 9.17) is 14.5 Å². The van der Waals surface area contributed by atoms with Gasteiger partial charge < -0.3 is 14.4 Å². The molecule has 30 heavy (non-hydrogen) atoms. The number of methoxy groups -OCH3 is 1. The molecule has 1 aliphatic heterocycles. The van der Waals surface area contributed by atoms with Crippen molar-refractivity contribution >= 4 is 5.91 Å². The van der Waals surface area contributed by atoms with E-state index < -0.39 is 0 Å². The minimum Gasteiger partial charge on any atom is -0.497 e. The lowest BCUT2D eigenvalue weighted by molar-refractivity contribution is -0.138. The third-order valence-electron chi connectivity index (χ3n) is 5.06. The number of nitrogens with zero attached hydrogens (tertiary/aromatic N) is 3. The van der Waals surface area contributed by atoms with Gasteiger partial charge in [-0.05, 0) is 42.0 Å². The van der Waals surface area contributed by atoms with Gasteiger partial charge in [0.2, 0.25) is 5.91 Å². The molecule has 1 amide bonds. The number of aromatic nitrogens is 2. The molecule has 4 rings (SSSR count). The Kier molecular flexibility index (Phi) is 5.99. The zero-order chi connectivity index (χ0) is 20.9. The van der Waals surface area contributed by atoms with Gasteiger partial charge in [0.15, 0.2) is 0 Å². The second kappa shape index (κ2) is 9.00. The van der Waals surface area contributed by atoms with Crippen LogP contribution >= 0.6 is 0 Å². The third kappa shape index (κ3) is 4.63. The van der Waals surface area contributed by atoms with Crippen LogP contribution in [-0.2, 0) is 16.0 Å². The van der Waals surface area contributed by atoms with Crippen molar-refractivity contribution in [3.8, 4) is 17.0 Å². The van der Waals surface area contributed by atoms with E-state index in [0.717, 1.165) is 22.6 Å². The van der Waals surface area contributed by atoms with Crippen LogP contribution in [0.1, 0.15) is 17.4 Å². The predicted octanol–water partition coefficient (Wildman–Crippen LogP) is 3.43. The first-order chi connectivity index (χ1) is 14.6. The fourth-order valence-electron chi connectivity index (χ4n) is 3.38. The summed E-state index contributed by atoms with van der Waals surface area (Å²) in [7, 11) is 1.62. The number of ether oxygens (including phenoxy) is 2. The topological polar surface area (TPSA) is 64.5 Å². The maximum atomic E-state index is 13.1. The van der Waals surface area contributed by atoms with E-state index in [1.807, 2.05) is 24.3 Å². The second-order valence-corrected chi connectivity index (χ2v) is 7.06. The smallest absolute Gasteiger partial charge is 0.227 e. The van der Waals surface area contributed by atoms with Gasteiger partial charge in [-0.25, -0.2) is 9.37 Å². The fourth-order valence-corrected chi connectivity index (χ4v) is 3.38. The van der Waals surface area contributed by atoms with Crippen molar-refractivity contribution in [2.45, 2.75) is 12.5 Å². The van der Waals surface area contributed by atoms with Gasteiger partial charge in [-0.3, -0.25) is 9.78 Å². The SMILES string of the molecule is COc1ccc(-c2cncc([C@H]3CN(C(=O)Cc4ccc(F)cc4)CCO3)n2)cc1. The number of carbonyl (C=O) groups excluding carboxylic acids is 1. The highest BCUT2D eigenvalue weighted by Crippen LogP contribution is 2.25. The molecule has 2 aromatic carbocycles. The Balaban J connectivity index is 1.46. The summed E-state index contributed by atoms with van der Waals surface area (Å²) in [6.45, 7) is 1.34. The van der Waals surface area contributed by atoms with E-state index in [-0.39, 0.29) is 24.2 Å².